The van der Waals surface area contributed by atoms with Crippen LogP contribution in [0.15, 0.2) is 139 Å². The summed E-state index contributed by atoms with van der Waals surface area (Å²) in [5.41, 5.74) is 2.18. The van der Waals surface area contributed by atoms with Gasteiger partial charge in [0, 0.05) is 22.1 Å². The highest BCUT2D eigenvalue weighted by Gasteiger charge is 2.69. The molecule has 0 unspecified atom stereocenters. The molecule has 0 aromatic heterocycles. The Labute approximate surface area is 351 Å². The van der Waals surface area contributed by atoms with Gasteiger partial charge in [0.25, 0.3) is 0 Å². The molecule has 2 saturated heterocycles. The summed E-state index contributed by atoms with van der Waals surface area (Å²) >= 11 is 6.44. The highest BCUT2D eigenvalue weighted by Crippen LogP contribution is 2.62. The fourth-order valence-electron chi connectivity index (χ4n) is 9.98. The molecular formula is C49H39ClN2O8. The molecule has 2 aliphatic carbocycles. The number of hydrogen-bond donors (Lipinski definition) is 1. The van der Waals surface area contributed by atoms with E-state index in [9.17, 15) is 19.5 Å². The maximum atomic E-state index is 15.4. The van der Waals surface area contributed by atoms with Gasteiger partial charge in [-0.15, -0.1) is 0 Å². The van der Waals surface area contributed by atoms with E-state index in [1.165, 1.54) is 24.0 Å². The van der Waals surface area contributed by atoms with Crippen LogP contribution >= 0.6 is 11.6 Å². The quantitative estimate of drug-likeness (QED) is 0.0896. The van der Waals surface area contributed by atoms with Gasteiger partial charge in [-0.2, -0.15) is 0 Å². The minimum Gasteiger partial charge on any atom is -0.502 e. The second-order valence-corrected chi connectivity index (χ2v) is 16.0. The molecule has 0 radical (unpaired) electrons. The fraction of sp³-hybridized carbons (Fsp3) is 0.204. The second-order valence-electron chi connectivity index (χ2n) is 15.5. The Hall–Kier alpha value is -6.78. The van der Waals surface area contributed by atoms with Crippen LogP contribution in [0.5, 0.6) is 17.2 Å². The summed E-state index contributed by atoms with van der Waals surface area (Å²) in [6, 6.07) is 34.5. The van der Waals surface area contributed by atoms with Gasteiger partial charge in [0.05, 0.1) is 48.8 Å². The van der Waals surface area contributed by atoms with Crippen molar-refractivity contribution in [2.24, 2.45) is 29.6 Å². The summed E-state index contributed by atoms with van der Waals surface area (Å²) < 4.78 is 10.9. The van der Waals surface area contributed by atoms with Gasteiger partial charge in [-0.1, -0.05) is 102 Å². The van der Waals surface area contributed by atoms with E-state index in [0.717, 1.165) is 5.57 Å². The van der Waals surface area contributed by atoms with Crippen molar-refractivity contribution in [1.82, 2.24) is 0 Å². The minimum atomic E-state index is -1.45. The number of carbonyl (C=O) groups is 5. The molecule has 2 heterocycles. The van der Waals surface area contributed by atoms with Crippen LogP contribution in [-0.4, -0.2) is 48.7 Å². The standard InChI is InChI=1S/C49H39ClN2O8/c1-59-40-24-28(25-41(60-2)44(40)54)16-23-38-35-21-22-36-42(47(57)51(45(36)55)33-19-17-30(18-20-33)43(53)29-10-5-3-6-11-29)37(35)27-39-46(56)52(34-15-9-14-32(50)26-34)48(58)49(38,39)31-12-7-4-8-13-31/h3-21,23-26,36-39,42,54H,22,27H2,1-2H3/t36-,37+,38-,39-,42-,49-/m0/s1. The van der Waals surface area contributed by atoms with Gasteiger partial charge in [-0.25, -0.2) is 4.90 Å². The van der Waals surface area contributed by atoms with Crippen molar-refractivity contribution >= 4 is 58.5 Å². The monoisotopic (exact) mass is 818 g/mol. The van der Waals surface area contributed by atoms with E-state index in [1.54, 1.807) is 91.0 Å². The number of rotatable bonds is 9. The molecule has 6 atom stereocenters. The molecule has 4 amide bonds. The number of amides is 4. The van der Waals surface area contributed by atoms with E-state index in [-0.39, 0.29) is 41.8 Å². The summed E-state index contributed by atoms with van der Waals surface area (Å²) in [6.07, 6.45) is 6.04. The zero-order valence-electron chi connectivity index (χ0n) is 32.7. The van der Waals surface area contributed by atoms with Gasteiger partial charge in [0.1, 0.15) is 0 Å². The number of ether oxygens (including phenoxy) is 2. The third-order valence-electron chi connectivity index (χ3n) is 12.6. The number of aromatic hydroxyl groups is 1. The largest absolute Gasteiger partial charge is 0.502 e. The van der Waals surface area contributed by atoms with Gasteiger partial charge in [0.15, 0.2) is 17.3 Å². The van der Waals surface area contributed by atoms with Crippen molar-refractivity contribution in [1.29, 1.82) is 0 Å². The lowest BCUT2D eigenvalue weighted by Crippen LogP contribution is -2.54. The summed E-state index contributed by atoms with van der Waals surface area (Å²) in [7, 11) is 2.86. The van der Waals surface area contributed by atoms with E-state index >= 15 is 9.59 Å². The normalized spacial score (nSPS) is 24.6. The molecule has 4 aliphatic rings. The second kappa shape index (κ2) is 15.1. The predicted octanol–water partition coefficient (Wildman–Crippen LogP) is 8.21. The zero-order valence-corrected chi connectivity index (χ0v) is 33.4. The van der Waals surface area contributed by atoms with Crippen LogP contribution in [0.4, 0.5) is 11.4 Å². The van der Waals surface area contributed by atoms with Crippen molar-refractivity contribution in [3.63, 3.8) is 0 Å². The predicted molar refractivity (Wildman–Crippen MR) is 226 cm³/mol. The molecule has 1 saturated carbocycles. The Morgan fingerprint density at radius 3 is 2.03 bits per heavy atom. The fourth-order valence-corrected chi connectivity index (χ4v) is 10.2. The van der Waals surface area contributed by atoms with Crippen LogP contribution in [-0.2, 0) is 24.6 Å². The number of ketones is 1. The molecule has 1 N–H and O–H groups in total. The van der Waals surface area contributed by atoms with Crippen LogP contribution in [0.3, 0.4) is 0 Å². The topological polar surface area (TPSA) is 131 Å². The molecule has 9 rings (SSSR count). The molecule has 300 valence electrons. The van der Waals surface area contributed by atoms with Crippen LogP contribution in [0.2, 0.25) is 5.02 Å². The number of allylic oxidation sites excluding steroid dienone is 3. The van der Waals surface area contributed by atoms with Gasteiger partial charge in [-0.05, 0) is 84.5 Å². The Bertz CT molecular complexity index is 2620. The van der Waals surface area contributed by atoms with Gasteiger partial charge < -0.3 is 14.6 Å². The molecule has 5 aromatic carbocycles. The van der Waals surface area contributed by atoms with Crippen molar-refractivity contribution in [3.05, 3.63) is 166 Å². The zero-order chi connectivity index (χ0) is 41.9. The maximum absolute atomic E-state index is 15.4. The Morgan fingerprint density at radius 2 is 1.38 bits per heavy atom. The number of imide groups is 2. The average Bonchev–Trinajstić information content (AvgIpc) is 3.67. The Balaban J connectivity index is 1.16. The first kappa shape index (κ1) is 38.7. The van der Waals surface area contributed by atoms with Crippen LogP contribution in [0.25, 0.3) is 6.08 Å². The molecule has 3 fully saturated rings. The number of halogens is 1. The summed E-state index contributed by atoms with van der Waals surface area (Å²) in [5.74, 6) is -5.40. The number of methoxy groups -OCH3 is 2. The van der Waals surface area contributed by atoms with E-state index < -0.39 is 52.7 Å². The van der Waals surface area contributed by atoms with E-state index in [4.69, 9.17) is 21.1 Å². The molecule has 5 aromatic rings. The average molecular weight is 819 g/mol. The van der Waals surface area contributed by atoms with E-state index in [2.05, 4.69) is 0 Å². The third kappa shape index (κ3) is 5.96. The molecule has 0 bridgehead atoms. The number of fused-ring (bicyclic) bond motifs is 4. The maximum Gasteiger partial charge on any atom is 0.246 e. The molecular weight excluding hydrogens is 780 g/mol. The lowest BCUT2D eigenvalue weighted by Gasteiger charge is -2.49. The lowest BCUT2D eigenvalue weighted by atomic mass is 9.50. The van der Waals surface area contributed by atoms with Gasteiger partial charge >= 0.3 is 0 Å². The number of nitrogens with zero attached hydrogens (tertiary/aromatic N) is 2. The highest BCUT2D eigenvalue weighted by atomic mass is 35.5. The number of benzene rings is 5. The Morgan fingerprint density at radius 1 is 0.733 bits per heavy atom. The Kier molecular flexibility index (Phi) is 9.75. The van der Waals surface area contributed by atoms with E-state index in [0.29, 0.717) is 38.7 Å². The molecule has 10 nitrogen and oxygen atoms in total. The molecule has 0 spiro atoms. The summed E-state index contributed by atoms with van der Waals surface area (Å²) in [4.78, 5) is 75.2. The van der Waals surface area contributed by atoms with Crippen molar-refractivity contribution < 1.29 is 38.6 Å². The number of anilines is 2. The first-order chi connectivity index (χ1) is 29.1. The van der Waals surface area contributed by atoms with Crippen LogP contribution in [0, 0.1) is 29.6 Å². The SMILES string of the molecule is COc1cc(C=C[C@H]2C3=CC[C@@H]4C(=O)N(c5ccc(C(=O)c6ccccc6)cc5)C(=O)[C@@H]4[C@@H]3C[C@H]3C(=O)N(c4cccc(Cl)c4)C(=O)[C@@]23c2ccccc2)cc(OC)c1O. The van der Waals surface area contributed by atoms with Crippen molar-refractivity contribution in [2.75, 3.05) is 24.0 Å². The molecule has 60 heavy (non-hydrogen) atoms. The summed E-state index contributed by atoms with van der Waals surface area (Å²) in [5, 5.41) is 11.0. The molecule has 11 heteroatoms. The van der Waals surface area contributed by atoms with E-state index in [1.807, 2.05) is 48.6 Å². The molecule has 2 aliphatic heterocycles. The highest BCUT2D eigenvalue weighted by molar-refractivity contribution is 6.32. The smallest absolute Gasteiger partial charge is 0.246 e. The number of carbonyl (C=O) groups excluding carboxylic acids is 5. The van der Waals surface area contributed by atoms with Crippen LogP contribution in [0.1, 0.15) is 39.9 Å². The van der Waals surface area contributed by atoms with Crippen molar-refractivity contribution in [2.45, 2.75) is 18.3 Å². The minimum absolute atomic E-state index is 0.131. The van der Waals surface area contributed by atoms with Crippen molar-refractivity contribution in [3.8, 4) is 17.2 Å². The number of phenolic OH excluding ortho intramolecular Hbond substituents is 1. The van der Waals surface area contributed by atoms with Gasteiger partial charge in [-0.3, -0.25) is 28.9 Å². The lowest BCUT2D eigenvalue weighted by molar-refractivity contribution is -0.128. The first-order valence-electron chi connectivity index (χ1n) is 19.7. The third-order valence-corrected chi connectivity index (χ3v) is 12.9. The first-order valence-corrected chi connectivity index (χ1v) is 20.1. The number of hydrogen-bond acceptors (Lipinski definition) is 8. The van der Waals surface area contributed by atoms with Crippen LogP contribution < -0.4 is 19.3 Å². The number of phenols is 1. The summed E-state index contributed by atoms with van der Waals surface area (Å²) in [6.45, 7) is 0. The van der Waals surface area contributed by atoms with Gasteiger partial charge in [0.2, 0.25) is 29.4 Å².